The van der Waals surface area contributed by atoms with E-state index in [1.165, 1.54) is 34.1 Å². The molecular weight excluding hydrogens is 445 g/mol. The van der Waals surface area contributed by atoms with Crippen LogP contribution in [0.3, 0.4) is 0 Å². The molecule has 0 aliphatic heterocycles. The quantitative estimate of drug-likeness (QED) is 0.362. The molecule has 0 saturated carbocycles. The summed E-state index contributed by atoms with van der Waals surface area (Å²) in [7, 11) is 1.60. The van der Waals surface area contributed by atoms with Gasteiger partial charge in [0.25, 0.3) is 17.6 Å². The van der Waals surface area contributed by atoms with Crippen LogP contribution in [0.5, 0.6) is 0 Å². The van der Waals surface area contributed by atoms with Crippen LogP contribution in [0.25, 0.3) is 0 Å². The zero-order valence-corrected chi connectivity index (χ0v) is 19.9. The summed E-state index contributed by atoms with van der Waals surface area (Å²) in [5.74, 6) is -2.53. The fourth-order valence-electron chi connectivity index (χ4n) is 3.66. The van der Waals surface area contributed by atoms with Crippen molar-refractivity contribution in [1.82, 2.24) is 9.88 Å². The SMILES string of the molecule is Cc1cc(NC(=O)c2c(C)c(C(=O)C(=O)NCC(C)(O)c3cccs3)n(C)c2C)ccc1F. The van der Waals surface area contributed by atoms with Gasteiger partial charge >= 0.3 is 0 Å². The third kappa shape index (κ3) is 4.89. The number of anilines is 1. The first-order valence-corrected chi connectivity index (χ1v) is 11.1. The summed E-state index contributed by atoms with van der Waals surface area (Å²) >= 11 is 1.35. The molecule has 3 aromatic rings. The standard InChI is InChI=1S/C24H26FN3O4S/c1-13-11-16(8-9-17(13)25)27-22(30)19-14(2)20(28(5)15(19)3)21(29)23(31)26-12-24(4,32)18-7-6-10-33-18/h6-11,32H,12H2,1-5H3,(H,26,31)(H,27,30). The molecular formula is C24H26FN3O4S. The molecule has 0 spiro atoms. The number of carbonyl (C=O) groups excluding carboxylic acids is 3. The molecule has 0 bridgehead atoms. The number of hydrogen-bond donors (Lipinski definition) is 3. The molecule has 1 unspecified atom stereocenters. The maximum Gasteiger partial charge on any atom is 0.294 e. The van der Waals surface area contributed by atoms with E-state index < -0.39 is 23.2 Å². The molecule has 3 N–H and O–H groups in total. The molecule has 3 rings (SSSR count). The largest absolute Gasteiger partial charge is 0.383 e. The van der Waals surface area contributed by atoms with Crippen LogP contribution in [-0.4, -0.2) is 33.8 Å². The Kier molecular flexibility index (Phi) is 6.85. The normalized spacial score (nSPS) is 12.8. The van der Waals surface area contributed by atoms with Gasteiger partial charge < -0.3 is 20.3 Å². The maximum absolute atomic E-state index is 13.5. The molecule has 0 aliphatic rings. The Morgan fingerprint density at radius 3 is 2.48 bits per heavy atom. The van der Waals surface area contributed by atoms with E-state index in [0.717, 1.165) is 0 Å². The van der Waals surface area contributed by atoms with Crippen LogP contribution in [0.1, 0.15) is 49.5 Å². The van der Waals surface area contributed by atoms with Gasteiger partial charge in [-0.25, -0.2) is 4.39 Å². The molecule has 9 heteroatoms. The summed E-state index contributed by atoms with van der Waals surface area (Å²) in [4.78, 5) is 39.1. The highest BCUT2D eigenvalue weighted by Crippen LogP contribution is 2.26. The zero-order valence-electron chi connectivity index (χ0n) is 19.1. The molecule has 2 amide bonds. The van der Waals surface area contributed by atoms with E-state index in [1.807, 2.05) is 5.38 Å². The van der Waals surface area contributed by atoms with Crippen molar-refractivity contribution in [3.05, 3.63) is 74.5 Å². The lowest BCUT2D eigenvalue weighted by Crippen LogP contribution is -2.41. The zero-order chi connectivity index (χ0) is 24.5. The average Bonchev–Trinajstić information content (AvgIpc) is 3.37. The number of nitrogens with zero attached hydrogens (tertiary/aromatic N) is 1. The smallest absolute Gasteiger partial charge is 0.294 e. The molecule has 2 heterocycles. The van der Waals surface area contributed by atoms with Gasteiger partial charge in [-0.15, -0.1) is 11.3 Å². The number of benzene rings is 1. The third-order valence-corrected chi connectivity index (χ3v) is 6.76. The minimum Gasteiger partial charge on any atom is -0.383 e. The van der Waals surface area contributed by atoms with Gasteiger partial charge in [0.1, 0.15) is 11.4 Å². The Hall–Kier alpha value is -3.30. The van der Waals surface area contributed by atoms with Crippen molar-refractivity contribution in [3.63, 3.8) is 0 Å². The molecule has 2 aromatic heterocycles. The molecule has 1 atom stereocenters. The second kappa shape index (κ2) is 9.29. The van der Waals surface area contributed by atoms with Gasteiger partial charge in [-0.2, -0.15) is 0 Å². The summed E-state index contributed by atoms with van der Waals surface area (Å²) in [5, 5.41) is 17.6. The van der Waals surface area contributed by atoms with Gasteiger partial charge in [-0.1, -0.05) is 6.07 Å². The van der Waals surface area contributed by atoms with E-state index in [1.54, 1.807) is 46.9 Å². The lowest BCUT2D eigenvalue weighted by Gasteiger charge is -2.22. The van der Waals surface area contributed by atoms with Crippen LogP contribution in [0, 0.1) is 26.6 Å². The summed E-state index contributed by atoms with van der Waals surface area (Å²) in [5.41, 5.74) is 0.703. The maximum atomic E-state index is 13.5. The highest BCUT2D eigenvalue weighted by Gasteiger charge is 2.31. The summed E-state index contributed by atoms with van der Waals surface area (Å²) in [6.07, 6.45) is 0. The predicted molar refractivity (Wildman–Crippen MR) is 125 cm³/mol. The number of hydrogen-bond acceptors (Lipinski definition) is 5. The number of carbonyl (C=O) groups is 3. The van der Waals surface area contributed by atoms with Crippen LogP contribution >= 0.6 is 11.3 Å². The Morgan fingerprint density at radius 1 is 1.18 bits per heavy atom. The van der Waals surface area contributed by atoms with Gasteiger partial charge in [-0.05, 0) is 68.5 Å². The second-order valence-corrected chi connectivity index (χ2v) is 9.12. The average molecular weight is 472 g/mol. The number of thiophene rings is 1. The Labute approximate surface area is 195 Å². The first-order valence-electron chi connectivity index (χ1n) is 10.3. The number of aryl methyl sites for hydroxylation is 1. The molecule has 0 aliphatic carbocycles. The van der Waals surface area contributed by atoms with Crippen LogP contribution < -0.4 is 10.6 Å². The molecule has 1 aromatic carbocycles. The molecule has 0 fully saturated rings. The number of rotatable bonds is 7. The lowest BCUT2D eigenvalue weighted by atomic mass is 10.0. The van der Waals surface area contributed by atoms with Crippen LogP contribution in [0.4, 0.5) is 10.1 Å². The first-order chi connectivity index (χ1) is 15.4. The minimum absolute atomic E-state index is 0.0844. The van der Waals surface area contributed by atoms with E-state index in [9.17, 15) is 23.9 Å². The number of nitrogens with one attached hydrogen (secondary N) is 2. The lowest BCUT2D eigenvalue weighted by molar-refractivity contribution is -0.118. The van der Waals surface area contributed by atoms with Gasteiger partial charge in [0.15, 0.2) is 0 Å². The van der Waals surface area contributed by atoms with Crippen molar-refractivity contribution in [1.29, 1.82) is 0 Å². The van der Waals surface area contributed by atoms with E-state index in [0.29, 0.717) is 27.4 Å². The number of aliphatic hydroxyl groups is 1. The summed E-state index contributed by atoms with van der Waals surface area (Å²) < 4.78 is 15.0. The molecule has 174 valence electrons. The molecule has 0 saturated heterocycles. The number of Topliss-reactive ketones (excluding diaryl/α,β-unsaturated/α-hetero) is 1. The van der Waals surface area contributed by atoms with Crippen LogP contribution in [0.15, 0.2) is 35.7 Å². The first kappa shape index (κ1) is 24.3. The fraction of sp³-hybridized carbons (Fsp3) is 0.292. The van der Waals surface area contributed by atoms with Crippen molar-refractivity contribution in [2.75, 3.05) is 11.9 Å². The number of ketones is 1. The van der Waals surface area contributed by atoms with E-state index in [-0.39, 0.29) is 23.6 Å². The van der Waals surface area contributed by atoms with E-state index in [2.05, 4.69) is 10.6 Å². The van der Waals surface area contributed by atoms with Crippen molar-refractivity contribution >= 4 is 34.6 Å². The fourth-order valence-corrected chi connectivity index (χ4v) is 4.45. The minimum atomic E-state index is -1.32. The number of aromatic nitrogens is 1. The number of amides is 2. The molecule has 7 nitrogen and oxygen atoms in total. The second-order valence-electron chi connectivity index (χ2n) is 8.17. The van der Waals surface area contributed by atoms with E-state index >= 15 is 0 Å². The highest BCUT2D eigenvalue weighted by molar-refractivity contribution is 7.10. The Balaban J connectivity index is 1.80. The topological polar surface area (TPSA) is 100 Å². The molecule has 33 heavy (non-hydrogen) atoms. The highest BCUT2D eigenvalue weighted by atomic mass is 32.1. The summed E-state index contributed by atoms with van der Waals surface area (Å²) in [6, 6.07) is 7.76. The third-order valence-electron chi connectivity index (χ3n) is 5.64. The van der Waals surface area contributed by atoms with Gasteiger partial charge in [0.2, 0.25) is 0 Å². The summed E-state index contributed by atoms with van der Waals surface area (Å²) in [6.45, 7) is 6.28. The monoisotopic (exact) mass is 471 g/mol. The van der Waals surface area contributed by atoms with Crippen molar-refractivity contribution < 1.29 is 23.9 Å². The van der Waals surface area contributed by atoms with Crippen LogP contribution in [0.2, 0.25) is 0 Å². The Morgan fingerprint density at radius 2 is 1.88 bits per heavy atom. The predicted octanol–water partition coefficient (Wildman–Crippen LogP) is 3.61. The van der Waals surface area contributed by atoms with Gasteiger partial charge in [0.05, 0.1) is 17.8 Å². The Bertz CT molecular complexity index is 1230. The van der Waals surface area contributed by atoms with Gasteiger partial charge in [-0.3, -0.25) is 14.4 Å². The van der Waals surface area contributed by atoms with Crippen molar-refractivity contribution in [2.24, 2.45) is 7.05 Å². The number of halogens is 1. The van der Waals surface area contributed by atoms with Gasteiger partial charge in [0, 0.05) is 23.3 Å². The van der Waals surface area contributed by atoms with Crippen molar-refractivity contribution in [3.8, 4) is 0 Å². The van der Waals surface area contributed by atoms with Crippen LogP contribution in [-0.2, 0) is 17.4 Å². The van der Waals surface area contributed by atoms with E-state index in [4.69, 9.17) is 0 Å². The van der Waals surface area contributed by atoms with Crippen molar-refractivity contribution in [2.45, 2.75) is 33.3 Å². The molecule has 0 radical (unpaired) electrons.